The van der Waals surface area contributed by atoms with Gasteiger partial charge in [0.25, 0.3) is 0 Å². The molecule has 1 saturated carbocycles. The van der Waals surface area contributed by atoms with Crippen molar-refractivity contribution in [1.29, 1.82) is 0 Å². The lowest BCUT2D eigenvalue weighted by molar-refractivity contribution is -0.147. The van der Waals surface area contributed by atoms with Gasteiger partial charge < -0.3 is 10.2 Å². The van der Waals surface area contributed by atoms with Crippen LogP contribution in [-0.2, 0) is 22.4 Å². The van der Waals surface area contributed by atoms with Crippen molar-refractivity contribution in [3.05, 3.63) is 34.4 Å². The van der Waals surface area contributed by atoms with Gasteiger partial charge in [0.05, 0.1) is 10.8 Å². The standard InChI is InChI=1S/C27H42O4/c1-20-14-15-21(2)23(13-9-7-11-17-27(18-19-27)25(30)31)22(20)12-8-5-6-10-16-26(3,4)24(28)29/h14-15H,5-13,16-19H2,1-4H3,(H,28,29)(H,30,31). The highest BCUT2D eigenvalue weighted by molar-refractivity contribution is 5.77. The first-order chi connectivity index (χ1) is 14.6. The number of carboxylic acid groups (broad SMARTS) is 2. The third-order valence-corrected chi connectivity index (χ3v) is 7.35. The highest BCUT2D eigenvalue weighted by Gasteiger charge is 2.49. The number of benzene rings is 1. The second kappa shape index (κ2) is 11.2. The van der Waals surface area contributed by atoms with Gasteiger partial charge in [-0.1, -0.05) is 44.2 Å². The summed E-state index contributed by atoms with van der Waals surface area (Å²) in [5.41, 5.74) is 4.72. The monoisotopic (exact) mass is 430 g/mol. The molecule has 0 saturated heterocycles. The molecule has 1 aromatic carbocycles. The predicted octanol–water partition coefficient (Wildman–Crippen LogP) is 6.87. The van der Waals surface area contributed by atoms with E-state index >= 15 is 0 Å². The van der Waals surface area contributed by atoms with E-state index in [-0.39, 0.29) is 5.41 Å². The van der Waals surface area contributed by atoms with Crippen molar-refractivity contribution in [2.75, 3.05) is 0 Å². The van der Waals surface area contributed by atoms with E-state index in [9.17, 15) is 19.8 Å². The van der Waals surface area contributed by atoms with Crippen LogP contribution >= 0.6 is 0 Å². The molecule has 1 aliphatic carbocycles. The smallest absolute Gasteiger partial charge is 0.309 e. The molecule has 2 rings (SSSR count). The predicted molar refractivity (Wildman–Crippen MR) is 126 cm³/mol. The van der Waals surface area contributed by atoms with Crippen molar-refractivity contribution in [2.45, 2.75) is 111 Å². The lowest BCUT2D eigenvalue weighted by atomic mass is 9.86. The Kier molecular flexibility index (Phi) is 9.14. The van der Waals surface area contributed by atoms with Gasteiger partial charge in [0, 0.05) is 0 Å². The normalized spacial score (nSPS) is 15.1. The molecule has 0 unspecified atom stereocenters. The van der Waals surface area contributed by atoms with Crippen molar-refractivity contribution in [2.24, 2.45) is 10.8 Å². The van der Waals surface area contributed by atoms with E-state index in [2.05, 4.69) is 26.0 Å². The zero-order valence-electron chi connectivity index (χ0n) is 20.1. The van der Waals surface area contributed by atoms with Gasteiger partial charge in [-0.25, -0.2) is 0 Å². The van der Waals surface area contributed by atoms with Gasteiger partial charge in [-0.15, -0.1) is 0 Å². The van der Waals surface area contributed by atoms with Gasteiger partial charge in [0.2, 0.25) is 0 Å². The molecule has 0 heterocycles. The average molecular weight is 431 g/mol. The van der Waals surface area contributed by atoms with Gasteiger partial charge in [-0.2, -0.15) is 0 Å². The van der Waals surface area contributed by atoms with Crippen LogP contribution in [0.2, 0.25) is 0 Å². The first-order valence-electron chi connectivity index (χ1n) is 12.1. The maximum atomic E-state index is 11.3. The minimum absolute atomic E-state index is 0.385. The van der Waals surface area contributed by atoms with Crippen molar-refractivity contribution in [3.8, 4) is 0 Å². The van der Waals surface area contributed by atoms with Gasteiger partial charge in [0.15, 0.2) is 0 Å². The summed E-state index contributed by atoms with van der Waals surface area (Å²) in [5.74, 6) is -1.31. The van der Waals surface area contributed by atoms with Crippen LogP contribution in [0.25, 0.3) is 0 Å². The number of carbonyl (C=O) groups is 2. The van der Waals surface area contributed by atoms with Crippen molar-refractivity contribution < 1.29 is 19.8 Å². The van der Waals surface area contributed by atoms with Crippen molar-refractivity contribution in [1.82, 2.24) is 0 Å². The Balaban J connectivity index is 1.77. The molecule has 31 heavy (non-hydrogen) atoms. The molecule has 4 heteroatoms. The number of aliphatic carboxylic acids is 2. The molecular weight excluding hydrogens is 388 g/mol. The molecule has 0 aromatic heterocycles. The molecule has 1 aromatic rings. The summed E-state index contributed by atoms with van der Waals surface area (Å²) < 4.78 is 0. The topological polar surface area (TPSA) is 74.6 Å². The third kappa shape index (κ3) is 7.36. The fourth-order valence-corrected chi connectivity index (χ4v) is 4.62. The minimum atomic E-state index is -0.706. The highest BCUT2D eigenvalue weighted by atomic mass is 16.4. The number of carboxylic acids is 2. The van der Waals surface area contributed by atoms with Crippen LogP contribution < -0.4 is 0 Å². The van der Waals surface area contributed by atoms with Crippen LogP contribution in [0.4, 0.5) is 0 Å². The molecule has 1 aliphatic rings. The lowest BCUT2D eigenvalue weighted by Gasteiger charge is -2.19. The highest BCUT2D eigenvalue weighted by Crippen LogP contribution is 2.50. The van der Waals surface area contributed by atoms with E-state index in [0.29, 0.717) is 0 Å². The summed E-state index contributed by atoms with van der Waals surface area (Å²) >= 11 is 0. The Labute approximate surface area is 188 Å². The molecule has 0 aliphatic heterocycles. The number of rotatable bonds is 15. The third-order valence-electron chi connectivity index (χ3n) is 7.35. The van der Waals surface area contributed by atoms with E-state index in [1.165, 1.54) is 22.3 Å². The van der Waals surface area contributed by atoms with Crippen LogP contribution in [0.15, 0.2) is 12.1 Å². The fourth-order valence-electron chi connectivity index (χ4n) is 4.62. The zero-order valence-corrected chi connectivity index (χ0v) is 20.1. The van der Waals surface area contributed by atoms with E-state index < -0.39 is 17.4 Å². The maximum Gasteiger partial charge on any atom is 0.309 e. The summed E-state index contributed by atoms with van der Waals surface area (Å²) in [7, 11) is 0. The number of unbranched alkanes of at least 4 members (excludes halogenated alkanes) is 5. The number of hydrogen-bond donors (Lipinski definition) is 2. The van der Waals surface area contributed by atoms with Gasteiger partial charge in [-0.05, 0) is 101 Å². The van der Waals surface area contributed by atoms with Crippen LogP contribution in [0.1, 0.15) is 107 Å². The summed E-state index contributed by atoms with van der Waals surface area (Å²) in [6.45, 7) is 8.03. The zero-order chi connectivity index (χ0) is 23.1. The molecule has 1 fully saturated rings. The van der Waals surface area contributed by atoms with Gasteiger partial charge >= 0.3 is 11.9 Å². The molecule has 0 amide bonds. The maximum absolute atomic E-state index is 11.3. The van der Waals surface area contributed by atoms with E-state index in [0.717, 1.165) is 83.5 Å². The molecule has 2 N–H and O–H groups in total. The summed E-state index contributed by atoms with van der Waals surface area (Å²) in [6, 6.07) is 4.46. The lowest BCUT2D eigenvalue weighted by Crippen LogP contribution is -2.23. The average Bonchev–Trinajstić information content (AvgIpc) is 3.49. The summed E-state index contributed by atoms with van der Waals surface area (Å²) in [5, 5.41) is 18.5. The Morgan fingerprint density at radius 3 is 1.77 bits per heavy atom. The van der Waals surface area contributed by atoms with Gasteiger partial charge in [0.1, 0.15) is 0 Å². The molecule has 0 bridgehead atoms. The molecule has 0 atom stereocenters. The molecule has 0 radical (unpaired) electrons. The summed E-state index contributed by atoms with van der Waals surface area (Å²) in [6.07, 6.45) is 13.0. The summed E-state index contributed by atoms with van der Waals surface area (Å²) in [4.78, 5) is 22.5. The second-order valence-corrected chi connectivity index (χ2v) is 10.4. The second-order valence-electron chi connectivity index (χ2n) is 10.4. The van der Waals surface area contributed by atoms with E-state index in [1.807, 2.05) is 13.8 Å². The van der Waals surface area contributed by atoms with Gasteiger partial charge in [-0.3, -0.25) is 9.59 Å². The van der Waals surface area contributed by atoms with Crippen LogP contribution in [-0.4, -0.2) is 22.2 Å². The van der Waals surface area contributed by atoms with Crippen molar-refractivity contribution in [3.63, 3.8) is 0 Å². The number of hydrogen-bond acceptors (Lipinski definition) is 2. The minimum Gasteiger partial charge on any atom is -0.481 e. The van der Waals surface area contributed by atoms with E-state index in [4.69, 9.17) is 0 Å². The Morgan fingerprint density at radius 2 is 1.32 bits per heavy atom. The molecular formula is C27H42O4. The Bertz CT molecular complexity index is 759. The molecule has 4 nitrogen and oxygen atoms in total. The Hall–Kier alpha value is -1.84. The van der Waals surface area contributed by atoms with Crippen LogP contribution in [0, 0.1) is 24.7 Å². The first kappa shape index (κ1) is 25.4. The van der Waals surface area contributed by atoms with Crippen molar-refractivity contribution >= 4 is 11.9 Å². The quantitative estimate of drug-likeness (QED) is 0.298. The van der Waals surface area contributed by atoms with Crippen LogP contribution in [0.5, 0.6) is 0 Å². The number of aryl methyl sites for hydroxylation is 2. The Morgan fingerprint density at radius 1 is 0.839 bits per heavy atom. The van der Waals surface area contributed by atoms with Crippen LogP contribution in [0.3, 0.4) is 0 Å². The SMILES string of the molecule is Cc1ccc(C)c(CCCCCC2(C(=O)O)CC2)c1CCCCCCC(C)(C)C(=O)O. The largest absolute Gasteiger partial charge is 0.481 e. The molecule has 174 valence electrons. The van der Waals surface area contributed by atoms with E-state index in [1.54, 1.807) is 0 Å². The molecule has 0 spiro atoms. The fraction of sp³-hybridized carbons (Fsp3) is 0.704. The first-order valence-corrected chi connectivity index (χ1v) is 12.1.